The van der Waals surface area contributed by atoms with Crippen LogP contribution >= 0.6 is 12.2 Å². The predicted molar refractivity (Wildman–Crippen MR) is 75.5 cm³/mol. The Morgan fingerprint density at radius 3 is 2.55 bits per heavy atom. The molecule has 0 spiro atoms. The van der Waals surface area contributed by atoms with Gasteiger partial charge in [0.2, 0.25) is 4.77 Å². The Bertz CT molecular complexity index is 860. The Balaban J connectivity index is 2.75. The molecular weight excluding hydrogens is 314 g/mol. The van der Waals surface area contributed by atoms with Crippen LogP contribution in [0.2, 0.25) is 0 Å². The van der Waals surface area contributed by atoms with Gasteiger partial charge in [-0.1, -0.05) is 12.1 Å². The van der Waals surface area contributed by atoms with Crippen molar-refractivity contribution in [2.45, 2.75) is 0 Å². The van der Waals surface area contributed by atoms with E-state index in [0.717, 1.165) is 12.3 Å². The maximum absolute atomic E-state index is 11.3. The van der Waals surface area contributed by atoms with Crippen LogP contribution in [0.15, 0.2) is 30.5 Å². The van der Waals surface area contributed by atoms with Gasteiger partial charge >= 0.3 is 12.1 Å². The van der Waals surface area contributed by atoms with Gasteiger partial charge in [-0.15, -0.1) is 0 Å². The van der Waals surface area contributed by atoms with Crippen LogP contribution in [0.5, 0.6) is 0 Å². The van der Waals surface area contributed by atoms with E-state index in [1.54, 1.807) is 0 Å². The van der Waals surface area contributed by atoms with Crippen molar-refractivity contribution in [1.29, 1.82) is 0 Å². The fraction of sp³-hybridized carbons (Fsp3) is 0. The largest absolute Gasteiger partial charge is 0.478 e. The average molecular weight is 321 g/mol. The van der Waals surface area contributed by atoms with Crippen molar-refractivity contribution in [1.82, 2.24) is 9.55 Å². The minimum atomic E-state index is -1.48. The van der Waals surface area contributed by atoms with Gasteiger partial charge in [-0.25, -0.2) is 19.1 Å². The summed E-state index contributed by atoms with van der Waals surface area (Å²) in [6, 6.07) is 5.15. The van der Waals surface area contributed by atoms with E-state index >= 15 is 0 Å². The second-order valence-electron chi connectivity index (χ2n) is 4.05. The van der Waals surface area contributed by atoms with Crippen molar-refractivity contribution < 1.29 is 24.7 Å². The lowest BCUT2D eigenvalue weighted by Crippen LogP contribution is -2.15. The number of hydrogen-bond donors (Lipinski definition) is 2. The maximum Gasteiger partial charge on any atom is 0.417 e. The van der Waals surface area contributed by atoms with Crippen LogP contribution in [0.4, 0.5) is 10.5 Å². The summed E-state index contributed by atoms with van der Waals surface area (Å²) in [7, 11) is 0. The molecule has 0 bridgehead atoms. The number of nitro groups is 1. The van der Waals surface area contributed by atoms with E-state index in [1.807, 2.05) is 0 Å². The van der Waals surface area contributed by atoms with Gasteiger partial charge in [0.25, 0.3) is 5.69 Å². The van der Waals surface area contributed by atoms with Crippen LogP contribution in [-0.4, -0.2) is 36.7 Å². The Hall–Kier alpha value is -3.14. The first-order chi connectivity index (χ1) is 10.3. The highest BCUT2D eigenvalue weighted by atomic mass is 32.1. The molecule has 0 unspecified atom stereocenters. The second kappa shape index (κ2) is 5.69. The number of carbonyl (C=O) groups is 2. The van der Waals surface area contributed by atoms with Crippen LogP contribution in [0.3, 0.4) is 0 Å². The smallest absolute Gasteiger partial charge is 0.417 e. The minimum absolute atomic E-state index is 0.140. The number of benzene rings is 1. The van der Waals surface area contributed by atoms with Crippen molar-refractivity contribution in [2.24, 2.45) is 0 Å². The molecule has 112 valence electrons. The third-order valence-electron chi connectivity index (χ3n) is 2.69. The van der Waals surface area contributed by atoms with Crippen molar-refractivity contribution in [2.75, 3.05) is 0 Å². The van der Waals surface area contributed by atoms with Gasteiger partial charge in [0, 0.05) is 23.9 Å². The normalized spacial score (nSPS) is 10.2. The van der Waals surface area contributed by atoms with Gasteiger partial charge in [0.15, 0.2) is 0 Å². The van der Waals surface area contributed by atoms with Crippen LogP contribution in [0, 0.1) is 14.9 Å². The van der Waals surface area contributed by atoms with Crippen molar-refractivity contribution in [3.05, 3.63) is 50.9 Å². The molecule has 10 heteroatoms. The number of rotatable bonds is 3. The number of nitrogens with zero attached hydrogens (tertiary/aromatic N) is 3. The summed E-state index contributed by atoms with van der Waals surface area (Å²) in [5.74, 6) is -1.43. The molecule has 1 heterocycles. The Morgan fingerprint density at radius 2 is 2.00 bits per heavy atom. The molecule has 0 saturated heterocycles. The standard InChI is InChI=1S/C12H7N3O6S/c16-10(17)8-5-14(12(18)19)11(22)13-9(8)6-2-1-3-7(4-6)15(20)21/h1-5H,(H,16,17)(H,18,19). The van der Waals surface area contributed by atoms with E-state index in [9.17, 15) is 24.8 Å². The summed E-state index contributed by atoms with van der Waals surface area (Å²) < 4.78 is 0.110. The van der Waals surface area contributed by atoms with Crippen LogP contribution in [0.25, 0.3) is 11.3 Å². The zero-order valence-electron chi connectivity index (χ0n) is 10.7. The molecule has 0 saturated carbocycles. The lowest BCUT2D eigenvalue weighted by atomic mass is 10.1. The molecule has 2 rings (SSSR count). The molecule has 0 amide bonds. The maximum atomic E-state index is 11.3. The zero-order valence-corrected chi connectivity index (χ0v) is 11.5. The SMILES string of the molecule is O=C(O)c1cn(C(=O)O)c(=S)nc1-c1cccc([N+](=O)[O-])c1. The first-order valence-corrected chi connectivity index (χ1v) is 6.07. The number of carboxylic acids is 1. The van der Waals surface area contributed by atoms with E-state index in [4.69, 9.17) is 17.3 Å². The van der Waals surface area contributed by atoms with Crippen molar-refractivity contribution in [3.8, 4) is 11.3 Å². The first-order valence-electron chi connectivity index (χ1n) is 5.66. The van der Waals surface area contributed by atoms with E-state index < -0.39 is 22.5 Å². The number of aromatic nitrogens is 2. The van der Waals surface area contributed by atoms with Gasteiger partial charge in [-0.05, 0) is 12.2 Å². The highest BCUT2D eigenvalue weighted by Crippen LogP contribution is 2.25. The summed E-state index contributed by atoms with van der Waals surface area (Å²) in [4.78, 5) is 36.2. The lowest BCUT2D eigenvalue weighted by molar-refractivity contribution is -0.384. The fourth-order valence-electron chi connectivity index (χ4n) is 1.74. The van der Waals surface area contributed by atoms with Crippen LogP contribution < -0.4 is 0 Å². The number of carboxylic acid groups (broad SMARTS) is 2. The number of nitro benzene ring substituents is 1. The molecule has 0 radical (unpaired) electrons. The van der Waals surface area contributed by atoms with E-state index in [1.165, 1.54) is 18.2 Å². The zero-order chi connectivity index (χ0) is 16.4. The fourth-order valence-corrected chi connectivity index (χ4v) is 1.96. The Labute approximate surface area is 127 Å². The van der Waals surface area contributed by atoms with Gasteiger partial charge < -0.3 is 10.2 Å². The van der Waals surface area contributed by atoms with E-state index in [2.05, 4.69) is 4.98 Å². The topological polar surface area (TPSA) is 136 Å². The number of non-ortho nitro benzene ring substituents is 1. The third-order valence-corrected chi connectivity index (χ3v) is 2.98. The highest BCUT2D eigenvalue weighted by Gasteiger charge is 2.19. The third kappa shape index (κ3) is 2.81. The Kier molecular flexibility index (Phi) is 3.95. The lowest BCUT2D eigenvalue weighted by Gasteiger charge is -2.08. The summed E-state index contributed by atoms with van der Waals surface area (Å²) in [6.45, 7) is 0. The average Bonchev–Trinajstić information content (AvgIpc) is 2.46. The van der Waals surface area contributed by atoms with Gasteiger partial charge in [0.1, 0.15) is 5.56 Å². The molecule has 2 aromatic rings. The number of aromatic carboxylic acids is 1. The monoisotopic (exact) mass is 321 g/mol. The molecule has 0 aliphatic rings. The number of hydrogen-bond acceptors (Lipinski definition) is 6. The quantitative estimate of drug-likeness (QED) is 0.499. The summed E-state index contributed by atoms with van der Waals surface area (Å²) in [5, 5.41) is 28.9. The predicted octanol–water partition coefficient (Wildman–Crippen LogP) is 2.41. The van der Waals surface area contributed by atoms with Crippen molar-refractivity contribution in [3.63, 3.8) is 0 Å². The molecule has 0 aliphatic carbocycles. The molecule has 1 aromatic carbocycles. The molecule has 0 atom stereocenters. The molecule has 2 N–H and O–H groups in total. The van der Waals surface area contributed by atoms with Gasteiger partial charge in [0.05, 0.1) is 10.6 Å². The first kappa shape index (κ1) is 15.3. The molecule has 0 aliphatic heterocycles. The van der Waals surface area contributed by atoms with E-state index in [-0.39, 0.29) is 21.7 Å². The van der Waals surface area contributed by atoms with Crippen LogP contribution in [0.1, 0.15) is 10.4 Å². The summed E-state index contributed by atoms with van der Waals surface area (Å²) in [6.07, 6.45) is -0.667. The van der Waals surface area contributed by atoms with Gasteiger partial charge in [-0.2, -0.15) is 0 Å². The highest BCUT2D eigenvalue weighted by molar-refractivity contribution is 7.71. The molecular formula is C12H7N3O6S. The van der Waals surface area contributed by atoms with Gasteiger partial charge in [-0.3, -0.25) is 10.1 Å². The summed E-state index contributed by atoms with van der Waals surface area (Å²) >= 11 is 4.79. The summed E-state index contributed by atoms with van der Waals surface area (Å²) in [5.41, 5.74) is -0.679. The van der Waals surface area contributed by atoms with E-state index in [0.29, 0.717) is 4.57 Å². The van der Waals surface area contributed by atoms with Crippen LogP contribution in [-0.2, 0) is 0 Å². The minimum Gasteiger partial charge on any atom is -0.478 e. The molecule has 22 heavy (non-hydrogen) atoms. The second-order valence-corrected chi connectivity index (χ2v) is 4.42. The Morgan fingerprint density at radius 1 is 1.32 bits per heavy atom. The molecule has 0 fully saturated rings. The molecule has 1 aromatic heterocycles. The van der Waals surface area contributed by atoms with Crippen molar-refractivity contribution >= 4 is 30.0 Å². The molecule has 9 nitrogen and oxygen atoms in total.